The lowest BCUT2D eigenvalue weighted by Gasteiger charge is -2.35. The highest BCUT2D eigenvalue weighted by atomic mass is 32.2. The molecule has 2 atom stereocenters. The van der Waals surface area contributed by atoms with Crippen LogP contribution in [0.5, 0.6) is 0 Å². The molecule has 6 nitrogen and oxygen atoms in total. The summed E-state index contributed by atoms with van der Waals surface area (Å²) in [5.74, 6) is -1.45. The normalized spacial score (nSPS) is 24.8. The van der Waals surface area contributed by atoms with Crippen molar-refractivity contribution in [2.45, 2.75) is 44.9 Å². The van der Waals surface area contributed by atoms with Gasteiger partial charge < -0.3 is 10.6 Å². The first-order valence-electron chi connectivity index (χ1n) is 7.13. The molecule has 2 amide bonds. The molecule has 0 aromatic rings. The van der Waals surface area contributed by atoms with Gasteiger partial charge >= 0.3 is 0 Å². The Morgan fingerprint density at radius 1 is 1.45 bits per heavy atom. The first-order valence-corrected chi connectivity index (χ1v) is 8.01. The van der Waals surface area contributed by atoms with Crippen molar-refractivity contribution in [3.05, 3.63) is 10.6 Å². The lowest BCUT2D eigenvalue weighted by atomic mass is 9.72. The summed E-state index contributed by atoms with van der Waals surface area (Å²) in [4.78, 5) is 24.1. The van der Waals surface area contributed by atoms with Crippen LogP contribution in [0.2, 0.25) is 0 Å². The van der Waals surface area contributed by atoms with Gasteiger partial charge in [0.1, 0.15) is 5.92 Å². The fourth-order valence-corrected chi connectivity index (χ4v) is 3.41. The summed E-state index contributed by atoms with van der Waals surface area (Å²) in [5, 5.41) is 24.0. The monoisotopic (exact) mass is 318 g/mol. The largest absolute Gasteiger partial charge is 0.352 e. The third-order valence-electron chi connectivity index (χ3n) is 3.92. The molecule has 1 aliphatic heterocycles. The van der Waals surface area contributed by atoms with Crippen LogP contribution in [-0.2, 0) is 9.59 Å². The van der Waals surface area contributed by atoms with Crippen LogP contribution < -0.4 is 10.6 Å². The number of nitriles is 2. The Balaban J connectivity index is 2.22. The second kappa shape index (κ2) is 6.02. The number of amides is 2. The van der Waals surface area contributed by atoms with E-state index in [4.69, 9.17) is 5.26 Å². The van der Waals surface area contributed by atoms with Gasteiger partial charge in [0.25, 0.3) is 0 Å². The zero-order chi connectivity index (χ0) is 16.5. The zero-order valence-corrected chi connectivity index (χ0v) is 13.6. The van der Waals surface area contributed by atoms with Gasteiger partial charge in [-0.25, -0.2) is 0 Å². The van der Waals surface area contributed by atoms with Crippen LogP contribution in [0, 0.1) is 34.0 Å². The van der Waals surface area contributed by atoms with Crippen LogP contribution in [-0.4, -0.2) is 23.1 Å². The molecule has 0 spiro atoms. The highest BCUT2D eigenvalue weighted by molar-refractivity contribution is 8.04. The van der Waals surface area contributed by atoms with E-state index in [9.17, 15) is 14.9 Å². The number of carbonyl (C=O) groups is 2. The molecule has 0 unspecified atom stereocenters. The number of thioether (sulfide) groups is 1. The topological polar surface area (TPSA) is 106 Å². The van der Waals surface area contributed by atoms with Crippen LogP contribution in [0.25, 0.3) is 0 Å². The fourth-order valence-electron chi connectivity index (χ4n) is 2.29. The molecule has 1 fully saturated rings. The molecule has 2 N–H and O–H groups in total. The van der Waals surface area contributed by atoms with Gasteiger partial charge in [-0.1, -0.05) is 25.6 Å². The molecule has 1 aliphatic carbocycles. The van der Waals surface area contributed by atoms with E-state index in [1.54, 1.807) is 20.8 Å². The third-order valence-corrected chi connectivity index (χ3v) is 5.03. The van der Waals surface area contributed by atoms with E-state index in [0.717, 1.165) is 24.6 Å². The van der Waals surface area contributed by atoms with E-state index >= 15 is 0 Å². The standard InChI is InChI=1S/C15H18N4O2S/c1-8(12(20)18-9-4-5-9)22-14-11(7-17)15(2,3)10(6-16)13(21)19-14/h8-10H,4-5H2,1-3H3,(H,18,20)(H,19,21)/t8-,10+/m1/s1. The van der Waals surface area contributed by atoms with E-state index in [1.807, 2.05) is 6.07 Å². The Kier molecular flexibility index (Phi) is 4.48. The molecule has 0 aromatic carbocycles. The smallest absolute Gasteiger partial charge is 0.243 e. The predicted octanol–water partition coefficient (Wildman–Crippen LogP) is 1.42. The number of nitrogens with one attached hydrogen (secondary N) is 2. The maximum absolute atomic E-state index is 12.1. The Bertz CT molecular complexity index is 622. The van der Waals surface area contributed by atoms with Crippen molar-refractivity contribution < 1.29 is 9.59 Å². The Hall–Kier alpha value is -1.99. The van der Waals surface area contributed by atoms with Crippen molar-refractivity contribution in [1.29, 1.82) is 10.5 Å². The minimum absolute atomic E-state index is 0.105. The van der Waals surface area contributed by atoms with Crippen molar-refractivity contribution >= 4 is 23.6 Å². The van der Waals surface area contributed by atoms with Gasteiger partial charge in [-0.05, 0) is 19.8 Å². The molecule has 2 aliphatic rings. The van der Waals surface area contributed by atoms with Gasteiger partial charge in [-0.2, -0.15) is 10.5 Å². The van der Waals surface area contributed by atoms with Crippen molar-refractivity contribution in [3.63, 3.8) is 0 Å². The molecule has 1 saturated carbocycles. The van der Waals surface area contributed by atoms with Crippen LogP contribution in [0.15, 0.2) is 10.6 Å². The van der Waals surface area contributed by atoms with E-state index in [2.05, 4.69) is 16.7 Å². The molecular weight excluding hydrogens is 300 g/mol. The van der Waals surface area contributed by atoms with Gasteiger partial charge in [-0.15, -0.1) is 0 Å². The highest BCUT2D eigenvalue weighted by Crippen LogP contribution is 2.42. The number of carbonyl (C=O) groups excluding carboxylic acids is 2. The predicted molar refractivity (Wildman–Crippen MR) is 81.9 cm³/mol. The molecule has 0 bridgehead atoms. The Morgan fingerprint density at radius 2 is 2.09 bits per heavy atom. The molecule has 7 heteroatoms. The SMILES string of the molecule is C[C@@H](SC1=C(C#N)C(C)(C)[C@@H](C#N)C(=O)N1)C(=O)NC1CC1. The summed E-state index contributed by atoms with van der Waals surface area (Å²) >= 11 is 1.15. The molecule has 0 saturated heterocycles. The second-order valence-electron chi connectivity index (χ2n) is 6.13. The summed E-state index contributed by atoms with van der Waals surface area (Å²) < 4.78 is 0. The van der Waals surface area contributed by atoms with Crippen LogP contribution >= 0.6 is 11.8 Å². The average Bonchev–Trinajstić information content (AvgIpc) is 3.22. The van der Waals surface area contributed by atoms with Crippen LogP contribution in [0.3, 0.4) is 0 Å². The van der Waals surface area contributed by atoms with Crippen LogP contribution in [0.1, 0.15) is 33.6 Å². The van der Waals surface area contributed by atoms with E-state index in [0.29, 0.717) is 10.6 Å². The second-order valence-corrected chi connectivity index (χ2v) is 7.48. The molecule has 0 radical (unpaired) electrons. The molecular formula is C15H18N4O2S. The molecule has 116 valence electrons. The Labute approximate surface area is 133 Å². The number of rotatable bonds is 4. The van der Waals surface area contributed by atoms with Gasteiger partial charge in [0.05, 0.1) is 28.0 Å². The van der Waals surface area contributed by atoms with Gasteiger partial charge in [0.15, 0.2) is 0 Å². The first-order chi connectivity index (χ1) is 10.3. The van der Waals surface area contributed by atoms with E-state index < -0.39 is 22.5 Å². The van der Waals surface area contributed by atoms with Crippen molar-refractivity contribution in [1.82, 2.24) is 10.6 Å². The quantitative estimate of drug-likeness (QED) is 0.815. The van der Waals surface area contributed by atoms with Crippen molar-refractivity contribution in [2.24, 2.45) is 11.3 Å². The van der Waals surface area contributed by atoms with Gasteiger partial charge in [0.2, 0.25) is 11.8 Å². The summed E-state index contributed by atoms with van der Waals surface area (Å²) in [6, 6.07) is 4.31. The summed E-state index contributed by atoms with van der Waals surface area (Å²) in [7, 11) is 0. The molecule has 0 aromatic heterocycles. The Morgan fingerprint density at radius 3 is 2.59 bits per heavy atom. The van der Waals surface area contributed by atoms with Crippen molar-refractivity contribution in [2.75, 3.05) is 0 Å². The van der Waals surface area contributed by atoms with Gasteiger partial charge in [-0.3, -0.25) is 9.59 Å². The molecule has 1 heterocycles. The number of allylic oxidation sites excluding steroid dienone is 1. The van der Waals surface area contributed by atoms with Crippen molar-refractivity contribution in [3.8, 4) is 12.1 Å². The highest BCUT2D eigenvalue weighted by Gasteiger charge is 2.45. The van der Waals surface area contributed by atoms with Crippen LogP contribution in [0.4, 0.5) is 0 Å². The lowest BCUT2D eigenvalue weighted by molar-refractivity contribution is -0.125. The minimum atomic E-state index is -0.915. The maximum Gasteiger partial charge on any atom is 0.243 e. The minimum Gasteiger partial charge on any atom is -0.352 e. The maximum atomic E-state index is 12.1. The third kappa shape index (κ3) is 3.10. The molecule has 22 heavy (non-hydrogen) atoms. The number of hydrogen-bond acceptors (Lipinski definition) is 5. The van der Waals surface area contributed by atoms with E-state index in [1.165, 1.54) is 0 Å². The van der Waals surface area contributed by atoms with Gasteiger partial charge in [0, 0.05) is 11.5 Å². The average molecular weight is 318 g/mol. The summed E-state index contributed by atoms with van der Waals surface area (Å²) in [6.45, 7) is 5.14. The number of hydrogen-bond donors (Lipinski definition) is 2. The van der Waals surface area contributed by atoms with E-state index in [-0.39, 0.29) is 11.9 Å². The zero-order valence-electron chi connectivity index (χ0n) is 12.8. The summed E-state index contributed by atoms with van der Waals surface area (Å²) in [5.41, 5.74) is -0.532. The lowest BCUT2D eigenvalue weighted by Crippen LogP contribution is -2.45. The summed E-state index contributed by atoms with van der Waals surface area (Å²) in [6.07, 6.45) is 2.01. The molecule has 2 rings (SSSR count). The number of nitrogens with zero attached hydrogens (tertiary/aromatic N) is 2. The fraction of sp³-hybridized carbons (Fsp3) is 0.600. The first kappa shape index (κ1) is 16.4.